The summed E-state index contributed by atoms with van der Waals surface area (Å²) in [6.07, 6.45) is -0.460. The lowest BCUT2D eigenvalue weighted by atomic mass is 10.1. The number of aliphatic hydroxyl groups excluding tert-OH is 1. The van der Waals surface area contributed by atoms with E-state index >= 15 is 0 Å². The highest BCUT2D eigenvalue weighted by atomic mass is 35.5. The van der Waals surface area contributed by atoms with Gasteiger partial charge in [0.05, 0.1) is 11.1 Å². The monoisotopic (exact) mass is 312 g/mol. The number of aliphatic hydroxyl groups is 1. The molecule has 19 heavy (non-hydrogen) atoms. The van der Waals surface area contributed by atoms with Crippen molar-refractivity contribution in [3.8, 4) is 0 Å². The van der Waals surface area contributed by atoms with Gasteiger partial charge < -0.3 is 5.11 Å². The maximum Gasteiger partial charge on any atom is 0.145 e. The van der Waals surface area contributed by atoms with Crippen molar-refractivity contribution < 1.29 is 9.50 Å². The second kappa shape index (κ2) is 5.21. The van der Waals surface area contributed by atoms with Gasteiger partial charge in [0.1, 0.15) is 5.82 Å². The smallest absolute Gasteiger partial charge is 0.145 e. The minimum absolute atomic E-state index is 0.0943. The molecule has 0 fully saturated rings. The summed E-state index contributed by atoms with van der Waals surface area (Å²) >= 11 is 8.93. The van der Waals surface area contributed by atoms with Gasteiger partial charge in [-0.2, -0.15) is 0 Å². The van der Waals surface area contributed by atoms with Crippen molar-refractivity contribution in [2.45, 2.75) is 12.5 Å². The van der Waals surface area contributed by atoms with Gasteiger partial charge in [-0.25, -0.2) is 4.39 Å². The molecule has 1 unspecified atom stereocenters. The predicted octanol–water partition coefficient (Wildman–Crippen LogP) is 5.03. The van der Waals surface area contributed by atoms with E-state index in [1.54, 1.807) is 34.8 Å². The first-order valence-corrected chi connectivity index (χ1v) is 7.80. The summed E-state index contributed by atoms with van der Waals surface area (Å²) in [6.45, 7) is 0. The van der Waals surface area contributed by atoms with Crippen molar-refractivity contribution in [3.05, 3.63) is 57.0 Å². The minimum Gasteiger partial charge on any atom is -0.387 e. The summed E-state index contributed by atoms with van der Waals surface area (Å²) in [7, 11) is 0. The van der Waals surface area contributed by atoms with Gasteiger partial charge in [0.15, 0.2) is 0 Å². The molecule has 0 spiro atoms. The molecule has 98 valence electrons. The number of fused-ring (bicyclic) bond motifs is 1. The topological polar surface area (TPSA) is 20.2 Å². The van der Waals surface area contributed by atoms with Crippen molar-refractivity contribution in [3.63, 3.8) is 0 Å². The summed E-state index contributed by atoms with van der Waals surface area (Å²) < 4.78 is 16.1. The first kappa shape index (κ1) is 13.1. The van der Waals surface area contributed by atoms with Gasteiger partial charge >= 0.3 is 0 Å². The third-order valence-corrected chi connectivity index (χ3v) is 5.42. The third kappa shape index (κ3) is 2.54. The first-order chi connectivity index (χ1) is 9.15. The van der Waals surface area contributed by atoms with E-state index in [0.717, 1.165) is 14.3 Å². The predicted molar refractivity (Wildman–Crippen MR) is 79.8 cm³/mol. The molecule has 3 aromatic rings. The van der Waals surface area contributed by atoms with E-state index in [1.165, 1.54) is 6.07 Å². The van der Waals surface area contributed by atoms with Crippen LogP contribution >= 0.6 is 34.3 Å². The standard InChI is InChI=1S/C14H10ClFOS2/c15-9-3-1-2-8(14(9)16)6-10(17)12-7-13-11(19-12)4-5-18-13/h1-5,7,10,17H,6H2. The van der Waals surface area contributed by atoms with Crippen molar-refractivity contribution in [1.82, 2.24) is 0 Å². The maximum atomic E-state index is 13.8. The van der Waals surface area contributed by atoms with E-state index in [4.69, 9.17) is 11.6 Å². The molecule has 0 saturated heterocycles. The Morgan fingerprint density at radius 1 is 1.26 bits per heavy atom. The van der Waals surface area contributed by atoms with Crippen LogP contribution in [0.25, 0.3) is 9.40 Å². The van der Waals surface area contributed by atoms with Crippen LogP contribution in [0.2, 0.25) is 5.02 Å². The van der Waals surface area contributed by atoms with Crippen molar-refractivity contribution in [1.29, 1.82) is 0 Å². The van der Waals surface area contributed by atoms with Crippen LogP contribution in [0.5, 0.6) is 0 Å². The Morgan fingerprint density at radius 3 is 2.89 bits per heavy atom. The summed E-state index contributed by atoms with van der Waals surface area (Å²) in [5, 5.41) is 12.3. The minimum atomic E-state index is -0.697. The molecule has 3 rings (SSSR count). The van der Waals surface area contributed by atoms with E-state index in [9.17, 15) is 9.50 Å². The number of thiophene rings is 2. The van der Waals surface area contributed by atoms with Crippen LogP contribution in [0, 0.1) is 5.82 Å². The highest BCUT2D eigenvalue weighted by molar-refractivity contribution is 7.26. The van der Waals surface area contributed by atoms with Gasteiger partial charge in [-0.05, 0) is 29.1 Å². The second-order valence-corrected chi connectivity index (χ2v) is 6.70. The Labute approximate surface area is 122 Å². The molecular formula is C14H10ClFOS2. The van der Waals surface area contributed by atoms with Gasteiger partial charge in [0.25, 0.3) is 0 Å². The molecule has 1 N–H and O–H groups in total. The molecule has 1 nitrogen and oxygen atoms in total. The molecule has 0 radical (unpaired) electrons. The molecule has 0 saturated carbocycles. The summed E-state index contributed by atoms with van der Waals surface area (Å²) in [5.41, 5.74) is 0.441. The zero-order valence-corrected chi connectivity index (χ0v) is 12.2. The van der Waals surface area contributed by atoms with Gasteiger partial charge in [-0.1, -0.05) is 23.7 Å². The van der Waals surface area contributed by atoms with Crippen LogP contribution in [0.3, 0.4) is 0 Å². The Morgan fingerprint density at radius 2 is 2.11 bits per heavy atom. The number of benzene rings is 1. The fourth-order valence-electron chi connectivity index (χ4n) is 1.96. The van der Waals surface area contributed by atoms with Crippen molar-refractivity contribution in [2.75, 3.05) is 0 Å². The zero-order chi connectivity index (χ0) is 13.4. The van der Waals surface area contributed by atoms with Gasteiger partial charge in [0, 0.05) is 20.7 Å². The fourth-order valence-corrected chi connectivity index (χ4v) is 4.26. The average Bonchev–Trinajstić information content (AvgIpc) is 2.95. The van der Waals surface area contributed by atoms with Crippen LogP contribution < -0.4 is 0 Å². The highest BCUT2D eigenvalue weighted by Crippen LogP contribution is 2.35. The molecule has 0 aliphatic rings. The fraction of sp³-hybridized carbons (Fsp3) is 0.143. The Bertz CT molecular complexity index is 691. The Balaban J connectivity index is 1.86. The molecule has 0 bridgehead atoms. The van der Waals surface area contributed by atoms with Crippen molar-refractivity contribution >= 4 is 43.7 Å². The lowest BCUT2D eigenvalue weighted by molar-refractivity contribution is 0.181. The number of halogens is 2. The Hall–Kier alpha value is -0.940. The normalized spacial score (nSPS) is 13.0. The largest absolute Gasteiger partial charge is 0.387 e. The van der Waals surface area contributed by atoms with E-state index in [2.05, 4.69) is 0 Å². The maximum absolute atomic E-state index is 13.8. The molecule has 2 aromatic heterocycles. The van der Waals surface area contributed by atoms with Crippen LogP contribution in [0.15, 0.2) is 35.7 Å². The molecule has 2 heterocycles. The lowest BCUT2D eigenvalue weighted by Crippen LogP contribution is -2.02. The van der Waals surface area contributed by atoms with Gasteiger partial charge in [-0.15, -0.1) is 22.7 Å². The second-order valence-electron chi connectivity index (χ2n) is 4.23. The molecular weight excluding hydrogens is 303 g/mol. The molecule has 0 amide bonds. The molecule has 0 aliphatic carbocycles. The third-order valence-electron chi connectivity index (χ3n) is 2.93. The number of rotatable bonds is 3. The first-order valence-electron chi connectivity index (χ1n) is 5.73. The summed E-state index contributed by atoms with van der Waals surface area (Å²) in [5.74, 6) is -0.443. The van der Waals surface area contributed by atoms with Crippen LogP contribution in [-0.4, -0.2) is 5.11 Å². The lowest BCUT2D eigenvalue weighted by Gasteiger charge is -2.09. The van der Waals surface area contributed by atoms with E-state index in [1.807, 2.05) is 17.5 Å². The molecule has 1 atom stereocenters. The Kier molecular flexibility index (Phi) is 3.58. The van der Waals surface area contributed by atoms with Gasteiger partial charge in [0.2, 0.25) is 0 Å². The molecule has 0 aliphatic heterocycles. The van der Waals surface area contributed by atoms with E-state index < -0.39 is 11.9 Å². The van der Waals surface area contributed by atoms with Gasteiger partial charge in [-0.3, -0.25) is 0 Å². The quantitative estimate of drug-likeness (QED) is 0.719. The number of hydrogen-bond donors (Lipinski definition) is 1. The zero-order valence-electron chi connectivity index (χ0n) is 9.77. The summed E-state index contributed by atoms with van der Waals surface area (Å²) in [6, 6.07) is 8.85. The van der Waals surface area contributed by atoms with Crippen LogP contribution in [0.4, 0.5) is 4.39 Å². The number of hydrogen-bond acceptors (Lipinski definition) is 3. The van der Waals surface area contributed by atoms with Crippen molar-refractivity contribution in [2.24, 2.45) is 0 Å². The molecule has 5 heteroatoms. The average molecular weight is 313 g/mol. The summed E-state index contributed by atoms with van der Waals surface area (Å²) in [4.78, 5) is 0.862. The van der Waals surface area contributed by atoms with Crippen LogP contribution in [-0.2, 0) is 6.42 Å². The van der Waals surface area contributed by atoms with E-state index in [0.29, 0.717) is 5.56 Å². The molecule has 1 aromatic carbocycles. The SMILES string of the molecule is OC(Cc1cccc(Cl)c1F)c1cc2sccc2s1. The highest BCUT2D eigenvalue weighted by Gasteiger charge is 2.16. The van der Waals surface area contributed by atoms with Crippen LogP contribution in [0.1, 0.15) is 16.5 Å². The van der Waals surface area contributed by atoms with E-state index in [-0.39, 0.29) is 11.4 Å².